The van der Waals surface area contributed by atoms with E-state index in [1.54, 1.807) is 30.3 Å². The zero-order chi connectivity index (χ0) is 17.0. The molecule has 2 N–H and O–H groups in total. The summed E-state index contributed by atoms with van der Waals surface area (Å²) in [4.78, 5) is 24.7. The second-order valence-corrected chi connectivity index (χ2v) is 5.90. The lowest BCUT2D eigenvalue weighted by molar-refractivity contribution is -0.135. The average Bonchev–Trinajstić information content (AvgIpc) is 2.51. The molecule has 2 aromatic rings. The number of amides is 2. The van der Waals surface area contributed by atoms with Crippen molar-refractivity contribution in [3.05, 3.63) is 59.4 Å². The van der Waals surface area contributed by atoms with Gasteiger partial charge < -0.3 is 10.6 Å². The number of rotatable bonds is 4. The van der Waals surface area contributed by atoms with E-state index >= 15 is 0 Å². The van der Waals surface area contributed by atoms with Gasteiger partial charge in [0, 0.05) is 0 Å². The lowest BCUT2D eigenvalue weighted by atomic mass is 9.90. The molecule has 0 bridgehead atoms. The van der Waals surface area contributed by atoms with Crippen LogP contribution in [0.25, 0.3) is 0 Å². The van der Waals surface area contributed by atoms with Gasteiger partial charge in [-0.1, -0.05) is 35.9 Å². The van der Waals surface area contributed by atoms with Crippen LogP contribution < -0.4 is 10.6 Å². The van der Waals surface area contributed by atoms with Crippen LogP contribution in [-0.2, 0) is 9.59 Å². The summed E-state index contributed by atoms with van der Waals surface area (Å²) in [5.74, 6) is -1.73. The Morgan fingerprint density at radius 3 is 1.96 bits per heavy atom. The Labute approximate surface area is 138 Å². The quantitative estimate of drug-likeness (QED) is 0.828. The Hall–Kier alpha value is -2.40. The normalized spacial score (nSPS) is 11.0. The maximum Gasteiger partial charge on any atom is 0.239 e. The van der Waals surface area contributed by atoms with Gasteiger partial charge in [0.05, 0.1) is 16.4 Å². The SMILES string of the molecule is CC(C)(C(=O)Nc1ccccc1F)C(=O)Nc1ccccc1Cl. The van der Waals surface area contributed by atoms with Crippen LogP contribution in [0.15, 0.2) is 48.5 Å². The van der Waals surface area contributed by atoms with Crippen molar-refractivity contribution in [1.29, 1.82) is 0 Å². The van der Waals surface area contributed by atoms with E-state index in [4.69, 9.17) is 11.6 Å². The third-order valence-electron chi connectivity index (χ3n) is 3.38. The van der Waals surface area contributed by atoms with Crippen LogP contribution >= 0.6 is 11.6 Å². The summed E-state index contributed by atoms with van der Waals surface area (Å²) >= 11 is 5.98. The molecule has 0 saturated carbocycles. The zero-order valence-electron chi connectivity index (χ0n) is 12.7. The van der Waals surface area contributed by atoms with E-state index in [1.165, 1.54) is 32.0 Å². The van der Waals surface area contributed by atoms with Gasteiger partial charge in [-0.3, -0.25) is 9.59 Å². The van der Waals surface area contributed by atoms with E-state index in [-0.39, 0.29) is 5.69 Å². The number of carbonyl (C=O) groups excluding carboxylic acids is 2. The van der Waals surface area contributed by atoms with Crippen molar-refractivity contribution in [2.75, 3.05) is 10.6 Å². The first-order valence-corrected chi connectivity index (χ1v) is 7.32. The highest BCUT2D eigenvalue weighted by Crippen LogP contribution is 2.26. The summed E-state index contributed by atoms with van der Waals surface area (Å²) in [5, 5.41) is 5.40. The molecule has 0 aliphatic rings. The maximum atomic E-state index is 13.6. The molecule has 2 amide bonds. The zero-order valence-corrected chi connectivity index (χ0v) is 13.4. The first-order valence-electron chi connectivity index (χ1n) is 6.94. The minimum Gasteiger partial charge on any atom is -0.324 e. The van der Waals surface area contributed by atoms with E-state index in [2.05, 4.69) is 10.6 Å². The predicted octanol–water partition coefficient (Wildman–Crippen LogP) is 4.08. The molecule has 0 spiro atoms. The molecule has 0 radical (unpaired) electrons. The Balaban J connectivity index is 2.13. The molecule has 0 aliphatic carbocycles. The molecule has 0 aromatic heterocycles. The second kappa shape index (κ2) is 6.79. The maximum absolute atomic E-state index is 13.6. The van der Waals surface area contributed by atoms with Crippen LogP contribution in [0, 0.1) is 11.2 Å². The van der Waals surface area contributed by atoms with Gasteiger partial charge in [0.25, 0.3) is 0 Å². The van der Waals surface area contributed by atoms with Crippen LogP contribution in [0.2, 0.25) is 5.02 Å². The molecule has 0 aliphatic heterocycles. The number of para-hydroxylation sites is 2. The standard InChI is InChI=1S/C17H16ClFN2O2/c1-17(2,15(22)20-13-9-5-3-7-11(13)18)16(23)21-14-10-6-4-8-12(14)19/h3-10H,1-2H3,(H,20,22)(H,21,23). The number of benzene rings is 2. The van der Waals surface area contributed by atoms with E-state index < -0.39 is 23.0 Å². The molecular formula is C17H16ClFN2O2. The summed E-state index contributed by atoms with van der Waals surface area (Å²) in [6.45, 7) is 2.91. The minimum absolute atomic E-state index is 0.0242. The smallest absolute Gasteiger partial charge is 0.239 e. The summed E-state index contributed by atoms with van der Waals surface area (Å²) in [7, 11) is 0. The molecule has 6 heteroatoms. The lowest BCUT2D eigenvalue weighted by Gasteiger charge is -2.23. The van der Waals surface area contributed by atoms with Crippen LogP contribution in [0.5, 0.6) is 0 Å². The highest BCUT2D eigenvalue weighted by Gasteiger charge is 2.36. The molecule has 0 fully saturated rings. The Bertz CT molecular complexity index is 685. The summed E-state index contributed by atoms with van der Waals surface area (Å²) in [6, 6.07) is 12.5. The van der Waals surface area contributed by atoms with E-state index in [0.29, 0.717) is 10.7 Å². The van der Waals surface area contributed by atoms with E-state index in [1.807, 2.05) is 0 Å². The molecule has 2 aromatic carbocycles. The lowest BCUT2D eigenvalue weighted by Crippen LogP contribution is -2.41. The number of hydrogen-bond donors (Lipinski definition) is 2. The molecule has 0 unspecified atom stereocenters. The monoisotopic (exact) mass is 334 g/mol. The predicted molar refractivity (Wildman–Crippen MR) is 88.9 cm³/mol. The summed E-state index contributed by atoms with van der Waals surface area (Å²) < 4.78 is 13.6. The molecule has 0 saturated heterocycles. The summed E-state index contributed by atoms with van der Waals surface area (Å²) in [5.41, 5.74) is -0.983. The Kier molecular flexibility index (Phi) is 5.01. The van der Waals surface area contributed by atoms with Gasteiger partial charge in [0.2, 0.25) is 11.8 Å². The molecule has 23 heavy (non-hydrogen) atoms. The number of halogens is 2. The Morgan fingerprint density at radius 2 is 1.39 bits per heavy atom. The first-order chi connectivity index (χ1) is 10.8. The van der Waals surface area contributed by atoms with Gasteiger partial charge in [0.1, 0.15) is 11.2 Å². The third-order valence-corrected chi connectivity index (χ3v) is 3.71. The topological polar surface area (TPSA) is 58.2 Å². The van der Waals surface area contributed by atoms with Crippen molar-refractivity contribution < 1.29 is 14.0 Å². The number of carbonyl (C=O) groups is 2. The van der Waals surface area contributed by atoms with Crippen molar-refractivity contribution in [3.8, 4) is 0 Å². The van der Waals surface area contributed by atoms with Gasteiger partial charge in [-0.2, -0.15) is 0 Å². The molecule has 4 nitrogen and oxygen atoms in total. The Morgan fingerprint density at radius 1 is 0.913 bits per heavy atom. The van der Waals surface area contributed by atoms with Crippen molar-refractivity contribution in [2.24, 2.45) is 5.41 Å². The molecule has 120 valence electrons. The average molecular weight is 335 g/mol. The van der Waals surface area contributed by atoms with Gasteiger partial charge in [-0.05, 0) is 38.1 Å². The fourth-order valence-electron chi connectivity index (χ4n) is 1.79. The van der Waals surface area contributed by atoms with E-state index in [9.17, 15) is 14.0 Å². The van der Waals surface area contributed by atoms with Crippen molar-refractivity contribution in [3.63, 3.8) is 0 Å². The minimum atomic E-state index is -1.42. The molecule has 0 atom stereocenters. The fraction of sp³-hybridized carbons (Fsp3) is 0.176. The molecule has 2 rings (SSSR count). The van der Waals surface area contributed by atoms with Crippen molar-refractivity contribution >= 4 is 34.8 Å². The van der Waals surface area contributed by atoms with Crippen LogP contribution in [0.3, 0.4) is 0 Å². The number of hydrogen-bond acceptors (Lipinski definition) is 2. The van der Waals surface area contributed by atoms with Gasteiger partial charge in [0.15, 0.2) is 0 Å². The van der Waals surface area contributed by atoms with E-state index in [0.717, 1.165) is 0 Å². The summed E-state index contributed by atoms with van der Waals surface area (Å²) in [6.07, 6.45) is 0. The second-order valence-electron chi connectivity index (χ2n) is 5.49. The van der Waals surface area contributed by atoms with Crippen LogP contribution in [0.1, 0.15) is 13.8 Å². The number of anilines is 2. The first kappa shape index (κ1) is 17.0. The highest BCUT2D eigenvalue weighted by molar-refractivity contribution is 6.34. The molecule has 0 heterocycles. The molecular weight excluding hydrogens is 319 g/mol. The van der Waals surface area contributed by atoms with Gasteiger partial charge >= 0.3 is 0 Å². The van der Waals surface area contributed by atoms with Crippen LogP contribution in [0.4, 0.5) is 15.8 Å². The highest BCUT2D eigenvalue weighted by atomic mass is 35.5. The van der Waals surface area contributed by atoms with Gasteiger partial charge in [-0.15, -0.1) is 0 Å². The van der Waals surface area contributed by atoms with Crippen molar-refractivity contribution in [2.45, 2.75) is 13.8 Å². The van der Waals surface area contributed by atoms with Crippen LogP contribution in [-0.4, -0.2) is 11.8 Å². The van der Waals surface area contributed by atoms with Gasteiger partial charge in [-0.25, -0.2) is 4.39 Å². The largest absolute Gasteiger partial charge is 0.324 e. The fourth-order valence-corrected chi connectivity index (χ4v) is 1.97. The number of nitrogens with one attached hydrogen (secondary N) is 2. The third kappa shape index (κ3) is 3.87. The van der Waals surface area contributed by atoms with Crippen molar-refractivity contribution in [1.82, 2.24) is 0 Å².